The van der Waals surface area contributed by atoms with E-state index in [1.807, 2.05) is 0 Å². The van der Waals surface area contributed by atoms with Gasteiger partial charge < -0.3 is 5.32 Å². The molecule has 0 spiro atoms. The Balaban J connectivity index is 2.25. The lowest BCUT2D eigenvalue weighted by atomic mass is 10.1. The molecule has 1 fully saturated rings. The minimum atomic E-state index is -0.618. The second-order valence-electron chi connectivity index (χ2n) is 4.80. The summed E-state index contributed by atoms with van der Waals surface area (Å²) in [6, 6.07) is 2.62. The van der Waals surface area contributed by atoms with E-state index in [0.29, 0.717) is 11.6 Å². The summed E-state index contributed by atoms with van der Waals surface area (Å²) in [4.78, 5) is 10.3. The maximum atomic E-state index is 13.3. The molecule has 1 aromatic carbocycles. The summed E-state index contributed by atoms with van der Waals surface area (Å²) in [5, 5.41) is 14.1. The van der Waals surface area contributed by atoms with E-state index in [1.54, 1.807) is 0 Å². The number of rotatable bonds is 3. The lowest BCUT2D eigenvalue weighted by molar-refractivity contribution is -0.384. The third-order valence-electron chi connectivity index (χ3n) is 3.29. The van der Waals surface area contributed by atoms with Crippen molar-refractivity contribution in [3.8, 4) is 0 Å². The molecule has 0 amide bonds. The summed E-state index contributed by atoms with van der Waals surface area (Å²) in [6.45, 7) is 2.16. The van der Waals surface area contributed by atoms with Crippen LogP contribution < -0.4 is 5.32 Å². The number of anilines is 1. The first kappa shape index (κ1) is 13.3. The van der Waals surface area contributed by atoms with Crippen LogP contribution in [0.2, 0.25) is 0 Å². The van der Waals surface area contributed by atoms with Crippen molar-refractivity contribution in [1.82, 2.24) is 0 Å². The SMILES string of the molecule is CC1CCC(Nc2cc(Br)c(F)cc2[N+](=O)[O-])C1. The van der Waals surface area contributed by atoms with Gasteiger partial charge in [0.2, 0.25) is 0 Å². The number of nitro groups is 1. The third kappa shape index (κ3) is 2.80. The molecule has 0 aliphatic heterocycles. The quantitative estimate of drug-likeness (QED) is 0.674. The average molecular weight is 317 g/mol. The fraction of sp³-hybridized carbons (Fsp3) is 0.500. The molecule has 98 valence electrons. The molecule has 0 saturated heterocycles. The van der Waals surface area contributed by atoms with Crippen molar-refractivity contribution >= 4 is 27.3 Å². The molecular weight excluding hydrogens is 303 g/mol. The molecule has 4 nitrogen and oxygen atoms in total. The van der Waals surface area contributed by atoms with Crippen LogP contribution in [0.1, 0.15) is 26.2 Å². The maximum absolute atomic E-state index is 13.3. The fourth-order valence-corrected chi connectivity index (χ4v) is 2.70. The van der Waals surface area contributed by atoms with E-state index in [9.17, 15) is 14.5 Å². The van der Waals surface area contributed by atoms with Gasteiger partial charge in [-0.1, -0.05) is 6.92 Å². The van der Waals surface area contributed by atoms with Gasteiger partial charge in [0, 0.05) is 6.04 Å². The number of hydrogen-bond acceptors (Lipinski definition) is 3. The Hall–Kier alpha value is -1.17. The standard InChI is InChI=1S/C12H14BrFN2O2/c1-7-2-3-8(4-7)15-11-5-9(13)10(14)6-12(11)16(17)18/h5-8,15H,2-4H2,1H3. The normalized spacial score (nSPS) is 23.1. The van der Waals surface area contributed by atoms with Crippen LogP contribution in [0.15, 0.2) is 16.6 Å². The van der Waals surface area contributed by atoms with E-state index in [4.69, 9.17) is 0 Å². The molecule has 2 atom stereocenters. The fourth-order valence-electron chi connectivity index (χ4n) is 2.36. The van der Waals surface area contributed by atoms with Gasteiger partial charge in [-0.15, -0.1) is 0 Å². The zero-order valence-electron chi connectivity index (χ0n) is 9.95. The Morgan fingerprint density at radius 2 is 2.22 bits per heavy atom. The van der Waals surface area contributed by atoms with Crippen LogP contribution >= 0.6 is 15.9 Å². The molecule has 2 rings (SSSR count). The van der Waals surface area contributed by atoms with Crippen LogP contribution in [0.5, 0.6) is 0 Å². The van der Waals surface area contributed by atoms with E-state index >= 15 is 0 Å². The molecule has 1 aromatic rings. The largest absolute Gasteiger partial charge is 0.377 e. The molecule has 18 heavy (non-hydrogen) atoms. The van der Waals surface area contributed by atoms with Crippen LogP contribution in [-0.2, 0) is 0 Å². The highest BCUT2D eigenvalue weighted by Gasteiger charge is 2.25. The van der Waals surface area contributed by atoms with Crippen molar-refractivity contribution in [2.75, 3.05) is 5.32 Å². The van der Waals surface area contributed by atoms with Gasteiger partial charge in [0.15, 0.2) is 0 Å². The number of nitrogens with one attached hydrogen (secondary N) is 1. The molecule has 1 saturated carbocycles. The van der Waals surface area contributed by atoms with Crippen LogP contribution in [0.4, 0.5) is 15.8 Å². The molecule has 0 heterocycles. The molecular formula is C12H14BrFN2O2. The van der Waals surface area contributed by atoms with Crippen molar-refractivity contribution in [3.05, 3.63) is 32.5 Å². The summed E-state index contributed by atoms with van der Waals surface area (Å²) in [5.74, 6) is 0.0116. The summed E-state index contributed by atoms with van der Waals surface area (Å²) >= 11 is 3.05. The van der Waals surface area contributed by atoms with Crippen molar-refractivity contribution in [2.24, 2.45) is 5.92 Å². The molecule has 0 aromatic heterocycles. The smallest absolute Gasteiger partial charge is 0.295 e. The monoisotopic (exact) mass is 316 g/mol. The first-order chi connectivity index (χ1) is 8.47. The summed E-state index contributed by atoms with van der Waals surface area (Å²) in [6.07, 6.45) is 3.10. The number of benzene rings is 1. The van der Waals surface area contributed by atoms with Gasteiger partial charge in [-0.25, -0.2) is 4.39 Å². The summed E-state index contributed by atoms with van der Waals surface area (Å²) in [5.41, 5.74) is 0.169. The minimum Gasteiger partial charge on any atom is -0.377 e. The van der Waals surface area contributed by atoms with Gasteiger partial charge in [-0.3, -0.25) is 10.1 Å². The molecule has 0 radical (unpaired) electrons. The Kier molecular flexibility index (Phi) is 3.85. The highest BCUT2D eigenvalue weighted by Crippen LogP contribution is 2.34. The Bertz CT molecular complexity index is 481. The van der Waals surface area contributed by atoms with Gasteiger partial charge >= 0.3 is 0 Å². The van der Waals surface area contributed by atoms with E-state index in [2.05, 4.69) is 28.2 Å². The van der Waals surface area contributed by atoms with Gasteiger partial charge in [0.25, 0.3) is 5.69 Å². The topological polar surface area (TPSA) is 55.2 Å². The molecule has 1 aliphatic rings. The van der Waals surface area contributed by atoms with Gasteiger partial charge in [-0.05, 0) is 47.2 Å². The minimum absolute atomic E-state index is 0.213. The van der Waals surface area contributed by atoms with Crippen molar-refractivity contribution < 1.29 is 9.31 Å². The third-order valence-corrected chi connectivity index (χ3v) is 3.90. The van der Waals surface area contributed by atoms with E-state index < -0.39 is 10.7 Å². The van der Waals surface area contributed by atoms with Crippen LogP contribution in [0, 0.1) is 21.8 Å². The number of nitro benzene ring substituents is 1. The van der Waals surface area contributed by atoms with Crippen molar-refractivity contribution in [3.63, 3.8) is 0 Å². The summed E-state index contributed by atoms with van der Waals surface area (Å²) in [7, 11) is 0. The van der Waals surface area contributed by atoms with Crippen LogP contribution in [-0.4, -0.2) is 11.0 Å². The van der Waals surface area contributed by atoms with E-state index in [0.717, 1.165) is 25.3 Å². The first-order valence-electron chi connectivity index (χ1n) is 5.87. The van der Waals surface area contributed by atoms with Crippen LogP contribution in [0.3, 0.4) is 0 Å². The first-order valence-corrected chi connectivity index (χ1v) is 6.66. The molecule has 0 bridgehead atoms. The lowest BCUT2D eigenvalue weighted by Gasteiger charge is -2.14. The van der Waals surface area contributed by atoms with Gasteiger partial charge in [-0.2, -0.15) is 0 Å². The predicted molar refractivity (Wildman–Crippen MR) is 71.2 cm³/mol. The molecule has 1 N–H and O–H groups in total. The molecule has 2 unspecified atom stereocenters. The second kappa shape index (κ2) is 5.22. The average Bonchev–Trinajstić information content (AvgIpc) is 2.68. The molecule has 1 aliphatic carbocycles. The summed E-state index contributed by atoms with van der Waals surface area (Å²) < 4.78 is 13.6. The highest BCUT2D eigenvalue weighted by atomic mass is 79.9. The van der Waals surface area contributed by atoms with E-state index in [-0.39, 0.29) is 16.2 Å². The number of halogens is 2. The van der Waals surface area contributed by atoms with Crippen LogP contribution in [0.25, 0.3) is 0 Å². The zero-order valence-corrected chi connectivity index (χ0v) is 11.5. The highest BCUT2D eigenvalue weighted by molar-refractivity contribution is 9.10. The number of nitrogens with zero attached hydrogens (tertiary/aromatic N) is 1. The van der Waals surface area contributed by atoms with E-state index in [1.165, 1.54) is 6.07 Å². The maximum Gasteiger partial charge on any atom is 0.295 e. The van der Waals surface area contributed by atoms with Gasteiger partial charge in [0.05, 0.1) is 15.5 Å². The Labute approximate surface area is 113 Å². The molecule has 6 heteroatoms. The zero-order chi connectivity index (χ0) is 13.3. The lowest BCUT2D eigenvalue weighted by Crippen LogP contribution is -2.16. The van der Waals surface area contributed by atoms with Gasteiger partial charge in [0.1, 0.15) is 11.5 Å². The number of hydrogen-bond donors (Lipinski definition) is 1. The second-order valence-corrected chi connectivity index (χ2v) is 5.65. The van der Waals surface area contributed by atoms with Crippen molar-refractivity contribution in [2.45, 2.75) is 32.2 Å². The van der Waals surface area contributed by atoms with Crippen molar-refractivity contribution in [1.29, 1.82) is 0 Å². The Morgan fingerprint density at radius 3 is 2.78 bits per heavy atom. The predicted octanol–water partition coefficient (Wildman–Crippen LogP) is 4.10. The Morgan fingerprint density at radius 1 is 1.50 bits per heavy atom.